The summed E-state index contributed by atoms with van der Waals surface area (Å²) in [5.41, 5.74) is 2.34. The van der Waals surface area contributed by atoms with Gasteiger partial charge in [0.1, 0.15) is 17.2 Å². The van der Waals surface area contributed by atoms with Crippen LogP contribution in [0.2, 0.25) is 0 Å². The quantitative estimate of drug-likeness (QED) is 0.661. The molecule has 0 amide bonds. The number of aryl methyl sites for hydroxylation is 1. The van der Waals surface area contributed by atoms with E-state index >= 15 is 0 Å². The zero-order valence-electron chi connectivity index (χ0n) is 10.6. The second-order valence-corrected chi connectivity index (χ2v) is 4.59. The number of nitrogens with zero attached hydrogens (tertiary/aromatic N) is 3. The lowest BCUT2D eigenvalue weighted by Crippen LogP contribution is -2.06. The number of hydrogen-bond donors (Lipinski definition) is 1. The number of pyridine rings is 1. The third kappa shape index (κ3) is 3.20. The van der Waals surface area contributed by atoms with Crippen molar-refractivity contribution in [3.05, 3.63) is 42.0 Å². The summed E-state index contributed by atoms with van der Waals surface area (Å²) in [5.74, 6) is 0.835. The van der Waals surface area contributed by atoms with Gasteiger partial charge in [0.25, 0.3) is 0 Å². The maximum atomic E-state index is 4.40. The fourth-order valence-corrected chi connectivity index (χ4v) is 2.06. The van der Waals surface area contributed by atoms with Crippen LogP contribution in [0.3, 0.4) is 0 Å². The molecule has 0 aliphatic carbocycles. The van der Waals surface area contributed by atoms with Crippen molar-refractivity contribution >= 4 is 17.6 Å². The van der Waals surface area contributed by atoms with Crippen LogP contribution in [0.4, 0.5) is 5.82 Å². The van der Waals surface area contributed by atoms with Crippen LogP contribution in [-0.4, -0.2) is 21.2 Å². The van der Waals surface area contributed by atoms with Crippen LogP contribution < -0.4 is 5.32 Å². The first-order chi connectivity index (χ1) is 8.83. The Balaban J connectivity index is 2.06. The van der Waals surface area contributed by atoms with E-state index in [4.69, 9.17) is 0 Å². The van der Waals surface area contributed by atoms with E-state index in [1.165, 1.54) is 5.56 Å². The second-order valence-electron chi connectivity index (χ2n) is 3.76. The van der Waals surface area contributed by atoms with Gasteiger partial charge in [0.15, 0.2) is 0 Å². The van der Waals surface area contributed by atoms with E-state index in [-0.39, 0.29) is 0 Å². The second kappa shape index (κ2) is 6.35. The minimum Gasteiger partial charge on any atom is -0.364 e. The summed E-state index contributed by atoms with van der Waals surface area (Å²) < 4.78 is 0. The molecule has 0 fully saturated rings. The Kier molecular flexibility index (Phi) is 4.52. The van der Waals surface area contributed by atoms with Crippen LogP contribution in [0.25, 0.3) is 0 Å². The fraction of sp³-hybridized carbons (Fsp3) is 0.308. The van der Waals surface area contributed by atoms with Gasteiger partial charge in [0.05, 0.1) is 12.2 Å². The molecule has 0 bridgehead atoms. The van der Waals surface area contributed by atoms with Gasteiger partial charge in [0, 0.05) is 12.3 Å². The largest absolute Gasteiger partial charge is 0.364 e. The molecule has 1 N–H and O–H groups in total. The molecule has 0 spiro atoms. The molecule has 2 aromatic rings. The first kappa shape index (κ1) is 12.8. The zero-order chi connectivity index (χ0) is 12.8. The van der Waals surface area contributed by atoms with Gasteiger partial charge in [-0.3, -0.25) is 4.98 Å². The third-order valence-corrected chi connectivity index (χ3v) is 3.30. The van der Waals surface area contributed by atoms with Gasteiger partial charge in [-0.15, -0.1) is 11.8 Å². The Morgan fingerprint density at radius 1 is 1.28 bits per heavy atom. The van der Waals surface area contributed by atoms with Crippen molar-refractivity contribution in [3.63, 3.8) is 0 Å². The topological polar surface area (TPSA) is 50.7 Å². The summed E-state index contributed by atoms with van der Waals surface area (Å²) in [4.78, 5) is 12.7. The normalized spacial score (nSPS) is 10.3. The number of anilines is 1. The number of thioether (sulfide) groups is 1. The Morgan fingerprint density at radius 3 is 2.94 bits per heavy atom. The minimum absolute atomic E-state index is 0.689. The van der Waals surface area contributed by atoms with Crippen molar-refractivity contribution in [2.75, 3.05) is 11.6 Å². The Labute approximate surface area is 111 Å². The molecule has 2 aromatic heterocycles. The number of nitrogens with one attached hydrogen (secondary N) is 1. The molecule has 5 heteroatoms. The summed E-state index contributed by atoms with van der Waals surface area (Å²) in [6, 6.07) is 6.02. The lowest BCUT2D eigenvalue weighted by Gasteiger charge is -2.08. The monoisotopic (exact) mass is 260 g/mol. The summed E-state index contributed by atoms with van der Waals surface area (Å²) in [7, 11) is 0. The smallest absolute Gasteiger partial charge is 0.130 e. The Bertz CT molecular complexity index is 516. The minimum atomic E-state index is 0.689. The van der Waals surface area contributed by atoms with Gasteiger partial charge < -0.3 is 5.32 Å². The summed E-state index contributed by atoms with van der Waals surface area (Å²) in [6.07, 6.45) is 6.39. The van der Waals surface area contributed by atoms with E-state index < -0.39 is 0 Å². The SMILES string of the molecule is CCc1cccnc1CNc1cc(SC)ncn1. The first-order valence-electron chi connectivity index (χ1n) is 5.86. The van der Waals surface area contributed by atoms with Crippen molar-refractivity contribution in [1.82, 2.24) is 15.0 Å². The average Bonchev–Trinajstić information content (AvgIpc) is 2.45. The van der Waals surface area contributed by atoms with Crippen LogP contribution in [0.1, 0.15) is 18.2 Å². The van der Waals surface area contributed by atoms with Crippen molar-refractivity contribution in [2.24, 2.45) is 0 Å². The van der Waals surface area contributed by atoms with Crippen molar-refractivity contribution in [3.8, 4) is 0 Å². The van der Waals surface area contributed by atoms with Crippen LogP contribution in [-0.2, 0) is 13.0 Å². The van der Waals surface area contributed by atoms with Gasteiger partial charge in [0.2, 0.25) is 0 Å². The predicted octanol–water partition coefficient (Wildman–Crippen LogP) is 2.77. The molecule has 0 aliphatic rings. The molecule has 18 heavy (non-hydrogen) atoms. The standard InChI is InChI=1S/C13H16N4S/c1-3-10-5-4-6-14-11(10)8-15-12-7-13(18-2)17-9-16-12/h4-7,9H,3,8H2,1-2H3,(H,15,16,17). The van der Waals surface area contributed by atoms with E-state index in [1.54, 1.807) is 18.1 Å². The number of hydrogen-bond acceptors (Lipinski definition) is 5. The molecular weight excluding hydrogens is 244 g/mol. The molecule has 0 aliphatic heterocycles. The summed E-state index contributed by atoms with van der Waals surface area (Å²) >= 11 is 1.61. The van der Waals surface area contributed by atoms with Crippen molar-refractivity contribution in [1.29, 1.82) is 0 Å². The van der Waals surface area contributed by atoms with E-state index in [0.717, 1.165) is 23.0 Å². The van der Waals surface area contributed by atoms with Gasteiger partial charge in [-0.05, 0) is 24.3 Å². The van der Waals surface area contributed by atoms with Crippen LogP contribution >= 0.6 is 11.8 Å². The van der Waals surface area contributed by atoms with Crippen molar-refractivity contribution in [2.45, 2.75) is 24.9 Å². The highest BCUT2D eigenvalue weighted by atomic mass is 32.2. The molecule has 0 saturated heterocycles. The third-order valence-electron chi connectivity index (χ3n) is 2.65. The Hall–Kier alpha value is -1.62. The van der Waals surface area contributed by atoms with E-state index in [2.05, 4.69) is 33.3 Å². The Morgan fingerprint density at radius 2 is 2.17 bits per heavy atom. The molecule has 2 heterocycles. The average molecular weight is 260 g/mol. The molecule has 0 aromatic carbocycles. The number of rotatable bonds is 5. The fourth-order valence-electron chi connectivity index (χ4n) is 1.67. The lowest BCUT2D eigenvalue weighted by atomic mass is 10.1. The molecule has 0 atom stereocenters. The zero-order valence-corrected chi connectivity index (χ0v) is 11.4. The van der Waals surface area contributed by atoms with Crippen molar-refractivity contribution < 1.29 is 0 Å². The van der Waals surface area contributed by atoms with Crippen LogP contribution in [0.5, 0.6) is 0 Å². The van der Waals surface area contributed by atoms with Crippen LogP contribution in [0, 0.1) is 0 Å². The molecule has 2 rings (SSSR count). The maximum absolute atomic E-state index is 4.40. The highest BCUT2D eigenvalue weighted by molar-refractivity contribution is 7.98. The maximum Gasteiger partial charge on any atom is 0.130 e. The molecule has 0 saturated carbocycles. The molecule has 0 unspecified atom stereocenters. The molecule has 0 radical (unpaired) electrons. The van der Waals surface area contributed by atoms with E-state index in [1.807, 2.05) is 24.6 Å². The molecular formula is C13H16N4S. The molecule has 94 valence electrons. The van der Waals surface area contributed by atoms with Crippen LogP contribution in [0.15, 0.2) is 35.7 Å². The highest BCUT2D eigenvalue weighted by Gasteiger charge is 2.02. The van der Waals surface area contributed by atoms with Gasteiger partial charge in [-0.25, -0.2) is 9.97 Å². The van der Waals surface area contributed by atoms with Gasteiger partial charge >= 0.3 is 0 Å². The predicted molar refractivity (Wildman–Crippen MR) is 74.8 cm³/mol. The van der Waals surface area contributed by atoms with Gasteiger partial charge in [-0.1, -0.05) is 13.0 Å². The first-order valence-corrected chi connectivity index (χ1v) is 7.08. The van der Waals surface area contributed by atoms with Gasteiger partial charge in [-0.2, -0.15) is 0 Å². The summed E-state index contributed by atoms with van der Waals surface area (Å²) in [5, 5.41) is 4.25. The lowest BCUT2D eigenvalue weighted by molar-refractivity contribution is 0.952. The number of aromatic nitrogens is 3. The highest BCUT2D eigenvalue weighted by Crippen LogP contribution is 2.15. The summed E-state index contributed by atoms with van der Waals surface area (Å²) in [6.45, 7) is 2.83. The van der Waals surface area contributed by atoms with E-state index in [0.29, 0.717) is 6.54 Å². The molecule has 4 nitrogen and oxygen atoms in total. The van der Waals surface area contributed by atoms with E-state index in [9.17, 15) is 0 Å².